The molecule has 0 aromatic heterocycles. The van der Waals surface area contributed by atoms with Crippen molar-refractivity contribution in [3.05, 3.63) is 23.8 Å². The number of anilines is 2. The van der Waals surface area contributed by atoms with Gasteiger partial charge in [0.1, 0.15) is 0 Å². The average Bonchev–Trinajstić information content (AvgIpc) is 2.63. The Bertz CT molecular complexity index is 589. The Morgan fingerprint density at radius 2 is 2.11 bits per heavy atom. The molecule has 98 valence electrons. The van der Waals surface area contributed by atoms with Crippen LogP contribution in [0.3, 0.4) is 0 Å². The molecule has 0 aliphatic carbocycles. The van der Waals surface area contributed by atoms with Gasteiger partial charge in [-0.05, 0) is 25.1 Å². The zero-order valence-corrected chi connectivity index (χ0v) is 11.2. The number of hydrogen-bond donors (Lipinski definition) is 0. The van der Waals surface area contributed by atoms with Crippen molar-refractivity contribution in [1.29, 1.82) is 5.26 Å². The van der Waals surface area contributed by atoms with E-state index in [1.165, 1.54) is 4.90 Å². The molecule has 0 spiro atoms. The highest BCUT2D eigenvalue weighted by Crippen LogP contribution is 2.31. The van der Waals surface area contributed by atoms with E-state index in [-0.39, 0.29) is 5.92 Å². The lowest BCUT2D eigenvalue weighted by Crippen LogP contribution is -2.25. The van der Waals surface area contributed by atoms with Gasteiger partial charge < -0.3 is 9.80 Å². The van der Waals surface area contributed by atoms with Crippen LogP contribution in [0.5, 0.6) is 0 Å². The van der Waals surface area contributed by atoms with Crippen LogP contribution in [0.2, 0.25) is 0 Å². The number of nitriles is 1. The summed E-state index contributed by atoms with van der Waals surface area (Å²) in [7, 11) is 3.47. The van der Waals surface area contributed by atoms with Gasteiger partial charge in [0.25, 0.3) is 11.7 Å². The first kappa shape index (κ1) is 13.1. The smallest absolute Gasteiger partial charge is 0.299 e. The minimum absolute atomic E-state index is 0.0840. The molecule has 1 unspecified atom stereocenters. The number of carbonyl (C=O) groups is 2. The Morgan fingerprint density at radius 1 is 1.42 bits per heavy atom. The van der Waals surface area contributed by atoms with Crippen LogP contribution < -0.4 is 9.80 Å². The Morgan fingerprint density at radius 3 is 2.74 bits per heavy atom. The average molecular weight is 257 g/mol. The highest BCUT2D eigenvalue weighted by Gasteiger charge is 2.33. The Balaban J connectivity index is 2.31. The number of Topliss-reactive ketones (excluding diaryl/α,β-unsaturated/α-hetero) is 1. The molecule has 1 aromatic carbocycles. The molecular weight excluding hydrogens is 242 g/mol. The van der Waals surface area contributed by atoms with Crippen LogP contribution in [-0.2, 0) is 4.79 Å². The van der Waals surface area contributed by atoms with Gasteiger partial charge in [0, 0.05) is 26.3 Å². The lowest BCUT2D eigenvalue weighted by atomic mass is 10.1. The molecule has 0 N–H and O–H groups in total. The van der Waals surface area contributed by atoms with Gasteiger partial charge in [-0.15, -0.1) is 0 Å². The molecule has 1 heterocycles. The fourth-order valence-electron chi connectivity index (χ4n) is 2.16. The largest absolute Gasteiger partial charge is 0.373 e. The van der Waals surface area contributed by atoms with E-state index >= 15 is 0 Å². The summed E-state index contributed by atoms with van der Waals surface area (Å²) in [5.74, 6) is -1.04. The third-order valence-corrected chi connectivity index (χ3v) is 3.30. The molecule has 1 aromatic rings. The zero-order valence-electron chi connectivity index (χ0n) is 11.2. The fourth-order valence-corrected chi connectivity index (χ4v) is 2.16. The summed E-state index contributed by atoms with van der Waals surface area (Å²) in [6, 6.07) is 7.46. The standard InChI is InChI=1S/C14H15N3O2/c1-9(7-15)8-16(2)10-4-5-11-12(6-10)17(3)14(19)13(11)18/h4-6,9H,8H2,1-3H3. The van der Waals surface area contributed by atoms with Crippen LogP contribution in [0.15, 0.2) is 18.2 Å². The third kappa shape index (κ3) is 2.17. The van der Waals surface area contributed by atoms with E-state index < -0.39 is 11.7 Å². The second-order valence-electron chi connectivity index (χ2n) is 4.81. The molecule has 1 atom stereocenters. The molecule has 5 nitrogen and oxygen atoms in total. The number of hydrogen-bond acceptors (Lipinski definition) is 4. The van der Waals surface area contributed by atoms with Gasteiger partial charge in [-0.3, -0.25) is 9.59 Å². The summed E-state index contributed by atoms with van der Waals surface area (Å²) < 4.78 is 0. The summed E-state index contributed by atoms with van der Waals surface area (Å²) in [6.07, 6.45) is 0. The molecule has 0 radical (unpaired) electrons. The number of carbonyl (C=O) groups excluding carboxylic acids is 2. The number of nitrogens with zero attached hydrogens (tertiary/aromatic N) is 3. The number of ketones is 1. The Labute approximate surface area is 112 Å². The number of benzene rings is 1. The second kappa shape index (κ2) is 4.73. The summed E-state index contributed by atoms with van der Waals surface area (Å²) in [5.41, 5.74) is 1.96. The van der Waals surface area contributed by atoms with Gasteiger partial charge in [0.05, 0.1) is 23.2 Å². The van der Waals surface area contributed by atoms with Crippen LogP contribution in [0.4, 0.5) is 11.4 Å². The summed E-state index contributed by atoms with van der Waals surface area (Å²) in [4.78, 5) is 26.6. The first-order chi connectivity index (χ1) is 8.95. The SMILES string of the molecule is CC(C#N)CN(C)c1ccc2c(c1)N(C)C(=O)C2=O. The first-order valence-electron chi connectivity index (χ1n) is 6.03. The van der Waals surface area contributed by atoms with E-state index in [2.05, 4.69) is 6.07 Å². The van der Waals surface area contributed by atoms with Crippen LogP contribution in [-0.4, -0.2) is 32.3 Å². The molecule has 0 fully saturated rings. The van der Waals surface area contributed by atoms with Crippen molar-refractivity contribution >= 4 is 23.1 Å². The second-order valence-corrected chi connectivity index (χ2v) is 4.81. The van der Waals surface area contributed by atoms with Gasteiger partial charge in [0.15, 0.2) is 0 Å². The molecular formula is C14H15N3O2. The van der Waals surface area contributed by atoms with E-state index in [0.29, 0.717) is 17.8 Å². The molecule has 2 rings (SSSR count). The molecule has 19 heavy (non-hydrogen) atoms. The van der Waals surface area contributed by atoms with Gasteiger partial charge >= 0.3 is 0 Å². The van der Waals surface area contributed by atoms with Crippen LogP contribution in [0.1, 0.15) is 17.3 Å². The minimum Gasteiger partial charge on any atom is -0.373 e. The quantitative estimate of drug-likeness (QED) is 0.769. The number of likely N-dealkylation sites (N-methyl/N-ethyl adjacent to an activating group) is 1. The van der Waals surface area contributed by atoms with Crippen molar-refractivity contribution in [3.63, 3.8) is 0 Å². The molecule has 1 aliphatic heterocycles. The van der Waals surface area contributed by atoms with Crippen LogP contribution in [0.25, 0.3) is 0 Å². The maximum atomic E-state index is 11.7. The maximum Gasteiger partial charge on any atom is 0.299 e. The fraction of sp³-hybridized carbons (Fsp3) is 0.357. The number of amides is 1. The van der Waals surface area contributed by atoms with Gasteiger partial charge in [0.2, 0.25) is 0 Å². The van der Waals surface area contributed by atoms with E-state index in [0.717, 1.165) is 5.69 Å². The van der Waals surface area contributed by atoms with E-state index in [9.17, 15) is 9.59 Å². The lowest BCUT2D eigenvalue weighted by Gasteiger charge is -2.21. The molecule has 0 saturated heterocycles. The van der Waals surface area contributed by atoms with Crippen LogP contribution >= 0.6 is 0 Å². The van der Waals surface area contributed by atoms with Crippen molar-refractivity contribution in [2.24, 2.45) is 5.92 Å². The topological polar surface area (TPSA) is 64.4 Å². The minimum atomic E-state index is -0.500. The highest BCUT2D eigenvalue weighted by molar-refractivity contribution is 6.52. The lowest BCUT2D eigenvalue weighted by molar-refractivity contribution is -0.114. The highest BCUT2D eigenvalue weighted by atomic mass is 16.2. The Kier molecular flexibility index (Phi) is 3.26. The predicted molar refractivity (Wildman–Crippen MR) is 72.2 cm³/mol. The predicted octanol–water partition coefficient (Wildman–Crippen LogP) is 1.44. The van der Waals surface area contributed by atoms with Gasteiger partial charge in [-0.25, -0.2) is 0 Å². The van der Waals surface area contributed by atoms with Crippen molar-refractivity contribution in [2.75, 3.05) is 30.4 Å². The third-order valence-electron chi connectivity index (χ3n) is 3.30. The summed E-state index contributed by atoms with van der Waals surface area (Å²) >= 11 is 0. The van der Waals surface area contributed by atoms with E-state index in [4.69, 9.17) is 5.26 Å². The molecule has 1 amide bonds. The van der Waals surface area contributed by atoms with Crippen molar-refractivity contribution in [2.45, 2.75) is 6.92 Å². The Hall–Kier alpha value is -2.35. The van der Waals surface area contributed by atoms with E-state index in [1.54, 1.807) is 19.2 Å². The zero-order chi connectivity index (χ0) is 14.2. The van der Waals surface area contributed by atoms with Gasteiger partial charge in [-0.1, -0.05) is 0 Å². The van der Waals surface area contributed by atoms with Crippen molar-refractivity contribution < 1.29 is 9.59 Å². The number of rotatable bonds is 3. The van der Waals surface area contributed by atoms with Crippen molar-refractivity contribution in [3.8, 4) is 6.07 Å². The monoisotopic (exact) mass is 257 g/mol. The van der Waals surface area contributed by atoms with E-state index in [1.807, 2.05) is 24.9 Å². The van der Waals surface area contributed by atoms with Crippen molar-refractivity contribution in [1.82, 2.24) is 0 Å². The molecule has 1 aliphatic rings. The summed E-state index contributed by atoms with van der Waals surface area (Å²) in [6.45, 7) is 2.45. The van der Waals surface area contributed by atoms with Gasteiger partial charge in [-0.2, -0.15) is 5.26 Å². The molecule has 0 bridgehead atoms. The summed E-state index contributed by atoms with van der Waals surface area (Å²) in [5, 5.41) is 8.82. The molecule has 0 saturated carbocycles. The normalized spacial score (nSPS) is 15.2. The molecule has 5 heteroatoms. The maximum absolute atomic E-state index is 11.7. The first-order valence-corrected chi connectivity index (χ1v) is 6.03. The number of fused-ring (bicyclic) bond motifs is 1. The van der Waals surface area contributed by atoms with Crippen LogP contribution in [0, 0.1) is 17.2 Å².